The van der Waals surface area contributed by atoms with Crippen LogP contribution in [0.1, 0.15) is 31.2 Å². The van der Waals surface area contributed by atoms with Gasteiger partial charge in [0.2, 0.25) is 15.6 Å². The molecule has 0 atom stereocenters. The lowest BCUT2D eigenvalue weighted by atomic mass is 9.90. The number of pyridine rings is 1. The summed E-state index contributed by atoms with van der Waals surface area (Å²) in [5.41, 5.74) is 1.14. The monoisotopic (exact) mass is 362 g/mol. The van der Waals surface area contributed by atoms with E-state index in [1.807, 2.05) is 6.92 Å². The predicted octanol–water partition coefficient (Wildman–Crippen LogP) is 2.17. The topological polar surface area (TPSA) is 79.5 Å². The minimum atomic E-state index is -3.54. The Balaban J connectivity index is 1.64. The van der Waals surface area contributed by atoms with Crippen molar-refractivity contribution in [2.24, 2.45) is 0 Å². The SMILES string of the molecule is Cc1cc(=O)[nH]c2ccc(S(=O)(=O)N3CCC4(CCCO4)CC3)cc12. The van der Waals surface area contributed by atoms with Gasteiger partial charge >= 0.3 is 0 Å². The molecule has 6 nitrogen and oxygen atoms in total. The van der Waals surface area contributed by atoms with Gasteiger partial charge in [0.05, 0.1) is 10.5 Å². The van der Waals surface area contributed by atoms with Gasteiger partial charge in [-0.05, 0) is 56.4 Å². The van der Waals surface area contributed by atoms with Crippen molar-refractivity contribution < 1.29 is 13.2 Å². The molecule has 0 amide bonds. The average molecular weight is 362 g/mol. The molecule has 0 bridgehead atoms. The molecule has 0 unspecified atom stereocenters. The van der Waals surface area contributed by atoms with Gasteiger partial charge in [0.15, 0.2) is 0 Å². The first kappa shape index (κ1) is 16.8. The first-order valence-electron chi connectivity index (χ1n) is 8.68. The molecule has 134 valence electrons. The third kappa shape index (κ3) is 2.90. The minimum Gasteiger partial charge on any atom is -0.375 e. The number of nitrogens with zero attached hydrogens (tertiary/aromatic N) is 1. The van der Waals surface area contributed by atoms with Gasteiger partial charge in [0.1, 0.15) is 0 Å². The smallest absolute Gasteiger partial charge is 0.248 e. The average Bonchev–Trinajstić information content (AvgIpc) is 3.03. The van der Waals surface area contributed by atoms with Crippen LogP contribution >= 0.6 is 0 Å². The van der Waals surface area contributed by atoms with Crippen LogP contribution in [0.4, 0.5) is 0 Å². The molecule has 1 N–H and O–H groups in total. The van der Waals surface area contributed by atoms with Crippen LogP contribution in [0.5, 0.6) is 0 Å². The summed E-state index contributed by atoms with van der Waals surface area (Å²) in [4.78, 5) is 14.6. The number of hydrogen-bond acceptors (Lipinski definition) is 4. The molecule has 7 heteroatoms. The number of benzene rings is 1. The van der Waals surface area contributed by atoms with Crippen LogP contribution in [0.25, 0.3) is 10.9 Å². The molecule has 1 spiro atoms. The number of piperidine rings is 1. The van der Waals surface area contributed by atoms with Crippen molar-refractivity contribution in [1.82, 2.24) is 9.29 Å². The zero-order valence-corrected chi connectivity index (χ0v) is 15.1. The second kappa shape index (κ2) is 5.93. The minimum absolute atomic E-state index is 0.106. The van der Waals surface area contributed by atoms with E-state index in [0.717, 1.165) is 43.2 Å². The van der Waals surface area contributed by atoms with Gasteiger partial charge in [-0.1, -0.05) is 0 Å². The second-order valence-electron chi connectivity index (χ2n) is 7.06. The normalized spacial score (nSPS) is 21.2. The summed E-state index contributed by atoms with van der Waals surface area (Å²) >= 11 is 0. The number of H-pyrrole nitrogens is 1. The Morgan fingerprint density at radius 2 is 1.92 bits per heavy atom. The van der Waals surface area contributed by atoms with E-state index in [-0.39, 0.29) is 16.1 Å². The molecule has 2 aliphatic heterocycles. The summed E-state index contributed by atoms with van der Waals surface area (Å²) in [5.74, 6) is 0. The summed E-state index contributed by atoms with van der Waals surface area (Å²) < 4.78 is 33.5. The molecule has 1 aromatic heterocycles. The maximum Gasteiger partial charge on any atom is 0.248 e. The van der Waals surface area contributed by atoms with E-state index in [1.165, 1.54) is 6.07 Å². The Hall–Kier alpha value is -1.70. The van der Waals surface area contributed by atoms with Gasteiger partial charge in [-0.25, -0.2) is 8.42 Å². The number of fused-ring (bicyclic) bond motifs is 1. The van der Waals surface area contributed by atoms with Crippen molar-refractivity contribution in [3.05, 3.63) is 40.2 Å². The molecule has 0 saturated carbocycles. The van der Waals surface area contributed by atoms with Crippen LogP contribution in [0.2, 0.25) is 0 Å². The number of rotatable bonds is 2. The predicted molar refractivity (Wildman–Crippen MR) is 95.2 cm³/mol. The van der Waals surface area contributed by atoms with Crippen molar-refractivity contribution in [3.63, 3.8) is 0 Å². The fraction of sp³-hybridized carbons (Fsp3) is 0.500. The van der Waals surface area contributed by atoms with Crippen molar-refractivity contribution >= 4 is 20.9 Å². The lowest BCUT2D eigenvalue weighted by Crippen LogP contribution is -2.46. The van der Waals surface area contributed by atoms with Gasteiger partial charge in [0, 0.05) is 36.7 Å². The summed E-state index contributed by atoms with van der Waals surface area (Å²) in [6.07, 6.45) is 3.61. The zero-order chi connectivity index (χ0) is 17.7. The first-order chi connectivity index (χ1) is 11.9. The molecular formula is C18H22N2O4S. The Bertz CT molecular complexity index is 964. The van der Waals surface area contributed by atoms with E-state index in [1.54, 1.807) is 22.5 Å². The van der Waals surface area contributed by atoms with Crippen molar-refractivity contribution in [2.75, 3.05) is 19.7 Å². The van der Waals surface area contributed by atoms with Crippen LogP contribution in [0, 0.1) is 6.92 Å². The first-order valence-corrected chi connectivity index (χ1v) is 10.1. The standard InChI is InChI=1S/C18H22N2O4S/c1-13-11-17(21)19-16-4-3-14(12-15(13)16)25(22,23)20-8-6-18(7-9-20)5-2-10-24-18/h3-4,11-12H,2,5-10H2,1H3,(H,19,21). The largest absolute Gasteiger partial charge is 0.375 e. The van der Waals surface area contributed by atoms with Gasteiger partial charge in [-0.15, -0.1) is 0 Å². The Morgan fingerprint density at radius 3 is 2.60 bits per heavy atom. The van der Waals surface area contributed by atoms with Crippen molar-refractivity contribution in [2.45, 2.75) is 43.1 Å². The van der Waals surface area contributed by atoms with Crippen LogP contribution in [-0.4, -0.2) is 43.0 Å². The summed E-state index contributed by atoms with van der Waals surface area (Å²) in [6, 6.07) is 6.39. The Morgan fingerprint density at radius 1 is 1.16 bits per heavy atom. The highest BCUT2D eigenvalue weighted by Gasteiger charge is 2.41. The quantitative estimate of drug-likeness (QED) is 0.888. The van der Waals surface area contributed by atoms with Crippen LogP contribution in [0.15, 0.2) is 34.0 Å². The number of sulfonamides is 1. The molecule has 2 aliphatic rings. The number of hydrogen-bond donors (Lipinski definition) is 1. The molecule has 3 heterocycles. The molecule has 4 rings (SSSR count). The Labute approximate surface area is 146 Å². The lowest BCUT2D eigenvalue weighted by molar-refractivity contribution is -0.0309. The van der Waals surface area contributed by atoms with E-state index in [4.69, 9.17) is 4.74 Å². The van der Waals surface area contributed by atoms with Gasteiger partial charge in [-0.3, -0.25) is 4.79 Å². The van der Waals surface area contributed by atoms with Crippen molar-refractivity contribution in [1.29, 1.82) is 0 Å². The number of aromatic nitrogens is 1. The van der Waals surface area contributed by atoms with E-state index >= 15 is 0 Å². The van der Waals surface area contributed by atoms with E-state index in [2.05, 4.69) is 4.98 Å². The molecule has 0 radical (unpaired) electrons. The fourth-order valence-electron chi connectivity index (χ4n) is 3.99. The highest BCUT2D eigenvalue weighted by Crippen LogP contribution is 2.37. The molecule has 2 saturated heterocycles. The lowest BCUT2D eigenvalue weighted by Gasteiger charge is -2.37. The number of nitrogens with one attached hydrogen (secondary N) is 1. The Kier molecular flexibility index (Phi) is 3.97. The van der Waals surface area contributed by atoms with E-state index < -0.39 is 10.0 Å². The molecule has 2 fully saturated rings. The third-order valence-electron chi connectivity index (χ3n) is 5.48. The van der Waals surface area contributed by atoms with Crippen molar-refractivity contribution in [3.8, 4) is 0 Å². The summed E-state index contributed by atoms with van der Waals surface area (Å²) in [7, 11) is -3.54. The fourth-order valence-corrected chi connectivity index (χ4v) is 5.46. The highest BCUT2D eigenvalue weighted by molar-refractivity contribution is 7.89. The van der Waals surface area contributed by atoms with Gasteiger partial charge < -0.3 is 9.72 Å². The molecule has 0 aliphatic carbocycles. The number of aromatic amines is 1. The highest BCUT2D eigenvalue weighted by atomic mass is 32.2. The van der Waals surface area contributed by atoms with E-state index in [9.17, 15) is 13.2 Å². The summed E-state index contributed by atoms with van der Waals surface area (Å²) in [6.45, 7) is 3.58. The van der Waals surface area contributed by atoms with E-state index in [0.29, 0.717) is 18.6 Å². The second-order valence-corrected chi connectivity index (χ2v) is 9.00. The number of aryl methyl sites for hydroxylation is 1. The third-order valence-corrected chi connectivity index (χ3v) is 7.37. The van der Waals surface area contributed by atoms with Crippen LogP contribution in [0.3, 0.4) is 0 Å². The van der Waals surface area contributed by atoms with Gasteiger partial charge in [0.25, 0.3) is 0 Å². The van der Waals surface area contributed by atoms with Crippen LogP contribution < -0.4 is 5.56 Å². The van der Waals surface area contributed by atoms with Crippen LogP contribution in [-0.2, 0) is 14.8 Å². The number of ether oxygens (including phenoxy) is 1. The maximum absolute atomic E-state index is 13.0. The zero-order valence-electron chi connectivity index (χ0n) is 14.2. The molecule has 25 heavy (non-hydrogen) atoms. The molecular weight excluding hydrogens is 340 g/mol. The molecule has 2 aromatic rings. The summed E-state index contributed by atoms with van der Waals surface area (Å²) in [5, 5.41) is 0.758. The van der Waals surface area contributed by atoms with Gasteiger partial charge in [-0.2, -0.15) is 4.31 Å². The maximum atomic E-state index is 13.0. The molecule has 1 aromatic carbocycles.